The molecule has 0 aliphatic heterocycles. The van der Waals surface area contributed by atoms with Gasteiger partial charge in [-0.1, -0.05) is 170 Å². The van der Waals surface area contributed by atoms with Gasteiger partial charge in [-0.05, 0) is 101 Å². The summed E-state index contributed by atoms with van der Waals surface area (Å²) in [5.74, 6) is 0. The normalized spacial score (nSPS) is 13.2. The lowest BCUT2D eigenvalue weighted by molar-refractivity contribution is 0.666. The van der Waals surface area contributed by atoms with Crippen molar-refractivity contribution in [3.05, 3.63) is 216 Å². The van der Waals surface area contributed by atoms with Gasteiger partial charge in [0.25, 0.3) is 0 Å². The van der Waals surface area contributed by atoms with E-state index in [1.54, 1.807) is 0 Å². The first-order valence-electron chi connectivity index (χ1n) is 18.0. The second-order valence-electron chi connectivity index (χ2n) is 13.9. The van der Waals surface area contributed by atoms with E-state index in [0.29, 0.717) is 0 Å². The van der Waals surface area contributed by atoms with Crippen molar-refractivity contribution in [2.24, 2.45) is 0 Å². The molecule has 1 aliphatic rings. The minimum atomic E-state index is -0.467. The van der Waals surface area contributed by atoms with Crippen molar-refractivity contribution in [1.29, 1.82) is 0 Å². The fourth-order valence-electron chi connectivity index (χ4n) is 9.22. The van der Waals surface area contributed by atoms with Gasteiger partial charge in [0.15, 0.2) is 0 Å². The Morgan fingerprint density at radius 2 is 0.808 bits per heavy atom. The number of hydrogen-bond donors (Lipinski definition) is 0. The highest BCUT2D eigenvalue weighted by Gasteiger charge is 2.46. The molecule has 1 heteroatoms. The summed E-state index contributed by atoms with van der Waals surface area (Å²) in [5.41, 5.74) is 13.9. The van der Waals surface area contributed by atoms with Gasteiger partial charge in [-0.15, -0.1) is 0 Å². The number of fused-ring (bicyclic) bond motifs is 8. The van der Waals surface area contributed by atoms with E-state index in [1.165, 1.54) is 77.2 Å². The second kappa shape index (κ2) is 11.2. The lowest BCUT2D eigenvalue weighted by atomic mass is 9.67. The van der Waals surface area contributed by atoms with E-state index in [4.69, 9.17) is 4.42 Å². The van der Waals surface area contributed by atoms with E-state index in [2.05, 4.69) is 194 Å². The molecule has 0 radical (unpaired) electrons. The van der Waals surface area contributed by atoms with Crippen molar-refractivity contribution in [2.75, 3.05) is 0 Å². The predicted octanol–water partition coefficient (Wildman–Crippen LogP) is 13.6. The number of benzene rings is 9. The third-order valence-corrected chi connectivity index (χ3v) is 11.3. The second-order valence-corrected chi connectivity index (χ2v) is 13.9. The van der Waals surface area contributed by atoms with Crippen LogP contribution in [0.15, 0.2) is 199 Å². The average molecular weight is 661 g/mol. The highest BCUT2D eigenvalue weighted by Crippen LogP contribution is 2.57. The van der Waals surface area contributed by atoms with Crippen LogP contribution in [0.2, 0.25) is 0 Å². The van der Waals surface area contributed by atoms with E-state index < -0.39 is 5.41 Å². The molecule has 9 aromatic carbocycles. The number of rotatable bonds is 4. The van der Waals surface area contributed by atoms with E-state index in [0.717, 1.165) is 21.9 Å². The van der Waals surface area contributed by atoms with Crippen LogP contribution in [0, 0.1) is 0 Å². The van der Waals surface area contributed by atoms with Gasteiger partial charge in [0, 0.05) is 10.8 Å². The Balaban J connectivity index is 1.19. The molecule has 10 aromatic rings. The Kier molecular flexibility index (Phi) is 6.23. The Bertz CT molecular complexity index is 2890. The summed E-state index contributed by atoms with van der Waals surface area (Å²) in [6, 6.07) is 70.8. The number of furan rings is 1. The smallest absolute Gasteiger partial charge is 0.135 e. The molecule has 0 bridgehead atoms. The van der Waals surface area contributed by atoms with Crippen LogP contribution in [0.4, 0.5) is 0 Å². The zero-order chi connectivity index (χ0) is 34.2. The Morgan fingerprint density at radius 1 is 0.308 bits per heavy atom. The molecule has 0 N–H and O–H groups in total. The molecule has 1 aliphatic carbocycles. The van der Waals surface area contributed by atoms with Crippen LogP contribution < -0.4 is 0 Å². The molecule has 11 rings (SSSR count). The summed E-state index contributed by atoms with van der Waals surface area (Å²) in [7, 11) is 0. The quantitative estimate of drug-likeness (QED) is 0.171. The monoisotopic (exact) mass is 660 g/mol. The summed E-state index contributed by atoms with van der Waals surface area (Å²) in [5, 5.41) is 7.27. The van der Waals surface area contributed by atoms with E-state index >= 15 is 0 Å². The zero-order valence-corrected chi connectivity index (χ0v) is 28.4. The van der Waals surface area contributed by atoms with Crippen LogP contribution in [0.5, 0.6) is 0 Å². The molecule has 0 spiro atoms. The number of hydrogen-bond acceptors (Lipinski definition) is 1. The van der Waals surface area contributed by atoms with Gasteiger partial charge in [-0.25, -0.2) is 0 Å². The topological polar surface area (TPSA) is 13.1 Å². The highest BCUT2D eigenvalue weighted by molar-refractivity contribution is 6.22. The van der Waals surface area contributed by atoms with E-state index in [1.807, 2.05) is 0 Å². The Morgan fingerprint density at radius 3 is 1.42 bits per heavy atom. The molecule has 0 saturated heterocycles. The van der Waals surface area contributed by atoms with Crippen molar-refractivity contribution < 1.29 is 4.42 Å². The maximum atomic E-state index is 6.78. The SMILES string of the molecule is c1ccc(-c2c3ccccc3c(-c3ccc4oc5cc6c(cc5c4c3)-c3ccccc3C6(c3ccccc3)c3ccccc3)c3ccccc23)cc1. The van der Waals surface area contributed by atoms with Crippen molar-refractivity contribution in [3.8, 4) is 33.4 Å². The van der Waals surface area contributed by atoms with Crippen LogP contribution in [-0.2, 0) is 5.41 Å². The average Bonchev–Trinajstić information content (AvgIpc) is 3.72. The molecular formula is C51H32O. The van der Waals surface area contributed by atoms with Gasteiger partial charge >= 0.3 is 0 Å². The molecule has 0 saturated carbocycles. The molecule has 1 nitrogen and oxygen atoms in total. The standard InChI is InChI=1S/C51H32O/c1-4-16-33(17-5-1)49-38-23-10-12-25-40(38)50(41-26-13-11-24-39(41)49)34-28-29-47-43(30-34)44-31-42-37-22-14-15-27-45(37)51(35-18-6-2-7-19-35,36-20-8-3-9-21-36)46(42)32-48(44)52-47/h1-32H. The van der Waals surface area contributed by atoms with Crippen LogP contribution in [0.3, 0.4) is 0 Å². The first-order valence-corrected chi connectivity index (χ1v) is 18.0. The van der Waals surface area contributed by atoms with E-state index in [-0.39, 0.29) is 0 Å². The van der Waals surface area contributed by atoms with Crippen molar-refractivity contribution in [1.82, 2.24) is 0 Å². The van der Waals surface area contributed by atoms with E-state index in [9.17, 15) is 0 Å². The third kappa shape index (κ3) is 3.99. The summed E-state index contributed by atoms with van der Waals surface area (Å²) >= 11 is 0. The molecule has 0 amide bonds. The molecule has 242 valence electrons. The van der Waals surface area contributed by atoms with Gasteiger partial charge in [0.05, 0.1) is 5.41 Å². The van der Waals surface area contributed by atoms with Gasteiger partial charge in [-0.2, -0.15) is 0 Å². The van der Waals surface area contributed by atoms with Crippen LogP contribution >= 0.6 is 0 Å². The summed E-state index contributed by atoms with van der Waals surface area (Å²) < 4.78 is 6.78. The molecule has 1 heterocycles. The molecule has 0 unspecified atom stereocenters. The minimum Gasteiger partial charge on any atom is -0.456 e. The van der Waals surface area contributed by atoms with Gasteiger partial charge in [0.1, 0.15) is 11.2 Å². The minimum absolute atomic E-state index is 0.467. The fourth-order valence-corrected chi connectivity index (χ4v) is 9.22. The third-order valence-electron chi connectivity index (χ3n) is 11.3. The lowest BCUT2D eigenvalue weighted by Crippen LogP contribution is -2.28. The van der Waals surface area contributed by atoms with Crippen LogP contribution in [-0.4, -0.2) is 0 Å². The maximum Gasteiger partial charge on any atom is 0.135 e. The first-order chi connectivity index (χ1) is 25.8. The lowest BCUT2D eigenvalue weighted by Gasteiger charge is -2.33. The van der Waals surface area contributed by atoms with Crippen molar-refractivity contribution in [2.45, 2.75) is 5.41 Å². The maximum absolute atomic E-state index is 6.78. The van der Waals surface area contributed by atoms with Gasteiger partial charge < -0.3 is 4.42 Å². The molecule has 1 aromatic heterocycles. The molecule has 52 heavy (non-hydrogen) atoms. The first kappa shape index (κ1) is 29.1. The Labute approximate surface area is 302 Å². The van der Waals surface area contributed by atoms with Gasteiger partial charge in [-0.3, -0.25) is 0 Å². The fraction of sp³-hybridized carbons (Fsp3) is 0.0196. The van der Waals surface area contributed by atoms with Crippen LogP contribution in [0.1, 0.15) is 22.3 Å². The summed E-state index contributed by atoms with van der Waals surface area (Å²) in [4.78, 5) is 0. The van der Waals surface area contributed by atoms with Gasteiger partial charge in [0.2, 0.25) is 0 Å². The summed E-state index contributed by atoms with van der Waals surface area (Å²) in [6.45, 7) is 0. The molecule has 0 fully saturated rings. The predicted molar refractivity (Wildman–Crippen MR) is 217 cm³/mol. The van der Waals surface area contributed by atoms with Crippen molar-refractivity contribution in [3.63, 3.8) is 0 Å². The molecule has 0 atom stereocenters. The zero-order valence-electron chi connectivity index (χ0n) is 28.4. The van der Waals surface area contributed by atoms with Crippen molar-refractivity contribution >= 4 is 43.5 Å². The Hall–Kier alpha value is -6.70. The molecular weight excluding hydrogens is 629 g/mol. The summed E-state index contributed by atoms with van der Waals surface area (Å²) in [6.07, 6.45) is 0. The highest BCUT2D eigenvalue weighted by atomic mass is 16.3. The van der Waals surface area contributed by atoms with Crippen LogP contribution in [0.25, 0.3) is 76.9 Å². The largest absolute Gasteiger partial charge is 0.456 e.